The Labute approximate surface area is 226 Å². The fourth-order valence-corrected chi connectivity index (χ4v) is 5.12. The number of fused-ring (bicyclic) bond motifs is 1. The van der Waals surface area contributed by atoms with Crippen LogP contribution in [0.15, 0.2) is 35.9 Å². The molecule has 0 unspecified atom stereocenters. The summed E-state index contributed by atoms with van der Waals surface area (Å²) in [7, 11) is 10.6. The standard InChI is InChI=1S/C29H36N2O5.ClH/c1-18-23(12-19-13-26(34-5)29(36-7)27(14-19)35-6)22-9-8-21(33-4)15-25(22)24(18)16-28(32)31-11-10-20(17-31)30(2)3;/h8-9,12-15,20H,10-11,16-17H2,1-7H3;1H/b23-12-;/t20-;/m0./s1. The first-order valence-electron chi connectivity index (χ1n) is 12.2. The molecule has 200 valence electrons. The third-order valence-electron chi connectivity index (χ3n) is 7.27. The van der Waals surface area contributed by atoms with Gasteiger partial charge in [-0.15, -0.1) is 12.4 Å². The number of benzene rings is 2. The normalized spacial score (nSPS) is 17.7. The Hall–Kier alpha value is -3.16. The number of likely N-dealkylation sites (N-methyl/N-ethyl adjacent to an activating group) is 1. The van der Waals surface area contributed by atoms with Crippen molar-refractivity contribution >= 4 is 35.5 Å². The molecule has 1 heterocycles. The first kappa shape index (κ1) is 28.4. The van der Waals surface area contributed by atoms with Crippen LogP contribution in [0.1, 0.15) is 36.5 Å². The van der Waals surface area contributed by atoms with Crippen LogP contribution in [-0.4, -0.2) is 77.4 Å². The monoisotopic (exact) mass is 528 g/mol. The molecule has 0 bridgehead atoms. The van der Waals surface area contributed by atoms with Crippen LogP contribution in [-0.2, 0) is 4.79 Å². The lowest BCUT2D eigenvalue weighted by Gasteiger charge is -2.21. The molecule has 0 saturated carbocycles. The lowest BCUT2D eigenvalue weighted by Crippen LogP contribution is -2.34. The molecule has 37 heavy (non-hydrogen) atoms. The lowest BCUT2D eigenvalue weighted by molar-refractivity contribution is -0.129. The predicted octanol–water partition coefficient (Wildman–Crippen LogP) is 5.02. The maximum absolute atomic E-state index is 13.4. The van der Waals surface area contributed by atoms with Gasteiger partial charge in [0.2, 0.25) is 11.7 Å². The minimum absolute atomic E-state index is 0. The predicted molar refractivity (Wildman–Crippen MR) is 150 cm³/mol. The Bertz CT molecular complexity index is 1200. The van der Waals surface area contributed by atoms with E-state index in [4.69, 9.17) is 18.9 Å². The van der Waals surface area contributed by atoms with Crippen molar-refractivity contribution in [3.63, 3.8) is 0 Å². The van der Waals surface area contributed by atoms with E-state index in [0.29, 0.717) is 29.7 Å². The van der Waals surface area contributed by atoms with Crippen molar-refractivity contribution in [3.05, 3.63) is 52.6 Å². The number of rotatable bonds is 8. The molecule has 8 heteroatoms. The van der Waals surface area contributed by atoms with Gasteiger partial charge in [0.05, 0.1) is 34.9 Å². The summed E-state index contributed by atoms with van der Waals surface area (Å²) in [5.74, 6) is 2.68. The smallest absolute Gasteiger partial charge is 0.227 e. The molecule has 2 aromatic carbocycles. The second-order valence-electron chi connectivity index (χ2n) is 9.45. The largest absolute Gasteiger partial charge is 0.497 e. The maximum atomic E-state index is 13.4. The van der Waals surface area contributed by atoms with E-state index >= 15 is 0 Å². The molecule has 2 aliphatic rings. The summed E-state index contributed by atoms with van der Waals surface area (Å²) >= 11 is 0. The molecular weight excluding hydrogens is 492 g/mol. The number of carbonyl (C=O) groups excluding carboxylic acids is 1. The molecule has 2 aromatic rings. The van der Waals surface area contributed by atoms with Gasteiger partial charge in [-0.1, -0.05) is 6.07 Å². The van der Waals surface area contributed by atoms with Crippen LogP contribution < -0.4 is 18.9 Å². The van der Waals surface area contributed by atoms with Crippen molar-refractivity contribution in [2.45, 2.75) is 25.8 Å². The molecule has 0 radical (unpaired) electrons. The van der Waals surface area contributed by atoms with Crippen molar-refractivity contribution < 1.29 is 23.7 Å². The van der Waals surface area contributed by atoms with Gasteiger partial charge in [0.15, 0.2) is 11.5 Å². The van der Waals surface area contributed by atoms with Gasteiger partial charge in [0.25, 0.3) is 0 Å². The van der Waals surface area contributed by atoms with Gasteiger partial charge in [-0.3, -0.25) is 4.79 Å². The lowest BCUT2D eigenvalue weighted by atomic mass is 10.00. The van der Waals surface area contributed by atoms with E-state index in [1.807, 2.05) is 29.2 Å². The molecule has 1 aliphatic heterocycles. The average molecular weight is 529 g/mol. The number of amides is 1. The van der Waals surface area contributed by atoms with E-state index in [1.54, 1.807) is 28.4 Å². The van der Waals surface area contributed by atoms with Gasteiger partial charge < -0.3 is 28.7 Å². The highest BCUT2D eigenvalue weighted by Gasteiger charge is 2.31. The van der Waals surface area contributed by atoms with Crippen LogP contribution in [0.5, 0.6) is 23.0 Å². The third-order valence-corrected chi connectivity index (χ3v) is 7.27. The average Bonchev–Trinajstić information content (AvgIpc) is 3.48. The fourth-order valence-electron chi connectivity index (χ4n) is 5.12. The van der Waals surface area contributed by atoms with Crippen LogP contribution in [0, 0.1) is 0 Å². The van der Waals surface area contributed by atoms with E-state index in [2.05, 4.69) is 38.1 Å². The Morgan fingerprint density at radius 3 is 2.22 bits per heavy atom. The van der Waals surface area contributed by atoms with Crippen molar-refractivity contribution in [3.8, 4) is 23.0 Å². The van der Waals surface area contributed by atoms with Gasteiger partial charge >= 0.3 is 0 Å². The summed E-state index contributed by atoms with van der Waals surface area (Å²) in [5, 5.41) is 0. The fraction of sp³-hybridized carbons (Fsp3) is 0.414. The number of hydrogen-bond acceptors (Lipinski definition) is 6. The molecule has 4 rings (SSSR count). The van der Waals surface area contributed by atoms with Crippen molar-refractivity contribution in [2.75, 3.05) is 55.6 Å². The highest BCUT2D eigenvalue weighted by molar-refractivity contribution is 6.08. The molecule has 1 saturated heterocycles. The zero-order valence-corrected chi connectivity index (χ0v) is 23.5. The Morgan fingerprint density at radius 1 is 1.00 bits per heavy atom. The Balaban J connectivity index is 0.00000380. The van der Waals surface area contributed by atoms with Crippen LogP contribution in [0.4, 0.5) is 0 Å². The van der Waals surface area contributed by atoms with E-state index in [1.165, 1.54) is 0 Å². The molecule has 1 atom stereocenters. The molecule has 0 N–H and O–H groups in total. The van der Waals surface area contributed by atoms with Crippen LogP contribution in [0.3, 0.4) is 0 Å². The molecule has 1 aliphatic carbocycles. The molecule has 1 fully saturated rings. The summed E-state index contributed by atoms with van der Waals surface area (Å²) in [6.07, 6.45) is 3.48. The quantitative estimate of drug-likeness (QED) is 0.479. The van der Waals surface area contributed by atoms with Gasteiger partial charge in [0, 0.05) is 19.1 Å². The Morgan fingerprint density at radius 2 is 1.68 bits per heavy atom. The number of methoxy groups -OCH3 is 4. The van der Waals surface area contributed by atoms with Gasteiger partial charge in [0.1, 0.15) is 5.75 Å². The minimum Gasteiger partial charge on any atom is -0.497 e. The second kappa shape index (κ2) is 11.9. The topological polar surface area (TPSA) is 60.5 Å². The maximum Gasteiger partial charge on any atom is 0.227 e. The van der Waals surface area contributed by atoms with Crippen molar-refractivity contribution in [1.82, 2.24) is 9.80 Å². The summed E-state index contributed by atoms with van der Waals surface area (Å²) in [6, 6.07) is 10.3. The molecular formula is C29H37ClN2O5. The Kier molecular flexibility index (Phi) is 9.16. The number of carbonyl (C=O) groups is 1. The number of nitrogens with zero attached hydrogens (tertiary/aromatic N) is 2. The summed E-state index contributed by atoms with van der Waals surface area (Å²) in [5.41, 5.74) is 6.24. The van der Waals surface area contributed by atoms with Gasteiger partial charge in [-0.2, -0.15) is 0 Å². The minimum atomic E-state index is 0. The molecule has 7 nitrogen and oxygen atoms in total. The van der Waals surface area contributed by atoms with E-state index < -0.39 is 0 Å². The molecule has 1 amide bonds. The third kappa shape index (κ3) is 5.58. The highest BCUT2D eigenvalue weighted by atomic mass is 35.5. The van der Waals surface area contributed by atoms with Crippen molar-refractivity contribution in [2.24, 2.45) is 0 Å². The molecule has 0 aromatic heterocycles. The molecule has 0 spiro atoms. The number of allylic oxidation sites excluding steroid dienone is 2. The van der Waals surface area contributed by atoms with E-state index in [-0.39, 0.29) is 18.3 Å². The number of likely N-dealkylation sites (tertiary alicyclic amines) is 1. The zero-order chi connectivity index (χ0) is 26.0. The van der Waals surface area contributed by atoms with Crippen LogP contribution in [0.25, 0.3) is 17.2 Å². The second-order valence-corrected chi connectivity index (χ2v) is 9.45. The zero-order valence-electron chi connectivity index (χ0n) is 22.7. The van der Waals surface area contributed by atoms with Gasteiger partial charge in [-0.25, -0.2) is 0 Å². The van der Waals surface area contributed by atoms with Crippen LogP contribution >= 0.6 is 12.4 Å². The summed E-state index contributed by atoms with van der Waals surface area (Å²) in [4.78, 5) is 17.5. The van der Waals surface area contributed by atoms with E-state index in [9.17, 15) is 4.79 Å². The SMILES string of the molecule is COc1ccc2c(c1)C(CC(=O)N1CC[C@H](N(C)C)C1)=C(C)/C2=C/c1cc(OC)c(OC)c(OC)c1.Cl. The number of ether oxygens (including phenoxy) is 4. The summed E-state index contributed by atoms with van der Waals surface area (Å²) < 4.78 is 22.1. The first-order chi connectivity index (χ1) is 17.3. The van der Waals surface area contributed by atoms with Gasteiger partial charge in [-0.05, 0) is 91.2 Å². The van der Waals surface area contributed by atoms with Crippen molar-refractivity contribution in [1.29, 1.82) is 0 Å². The highest BCUT2D eigenvalue weighted by Crippen LogP contribution is 2.46. The number of hydrogen-bond donors (Lipinski definition) is 0. The summed E-state index contributed by atoms with van der Waals surface area (Å²) in [6.45, 7) is 3.66. The van der Waals surface area contributed by atoms with Crippen LogP contribution in [0.2, 0.25) is 0 Å². The van der Waals surface area contributed by atoms with E-state index in [0.717, 1.165) is 58.7 Å². The number of halogens is 1. The first-order valence-corrected chi connectivity index (χ1v) is 12.2.